The van der Waals surface area contributed by atoms with Crippen LogP contribution in [0, 0.1) is 18.3 Å². The van der Waals surface area contributed by atoms with Crippen LogP contribution in [0.1, 0.15) is 31.4 Å². The molecular weight excluding hydrogens is 224 g/mol. The van der Waals surface area contributed by atoms with Gasteiger partial charge in [-0.15, -0.1) is 0 Å². The highest BCUT2D eigenvalue weighted by Gasteiger charge is 2.06. The zero-order valence-corrected chi connectivity index (χ0v) is 11.7. The van der Waals surface area contributed by atoms with Crippen LogP contribution in [0.5, 0.6) is 0 Å². The van der Waals surface area contributed by atoms with Gasteiger partial charge in [0.25, 0.3) is 0 Å². The number of pyridine rings is 1. The molecule has 0 saturated heterocycles. The molecule has 1 aromatic rings. The number of hydrogen-bond donors (Lipinski definition) is 1. The number of nitrogens with one attached hydrogen (secondary N) is 1. The van der Waals surface area contributed by atoms with Gasteiger partial charge in [-0.2, -0.15) is 5.26 Å². The lowest BCUT2D eigenvalue weighted by atomic mass is 10.1. The van der Waals surface area contributed by atoms with Crippen molar-refractivity contribution in [2.45, 2.75) is 33.2 Å². The maximum atomic E-state index is 9.08. The van der Waals surface area contributed by atoms with Gasteiger partial charge in [-0.3, -0.25) is 0 Å². The molecule has 0 saturated carbocycles. The molecule has 1 aromatic heterocycles. The van der Waals surface area contributed by atoms with E-state index in [4.69, 9.17) is 5.26 Å². The molecule has 0 aromatic carbocycles. The zero-order chi connectivity index (χ0) is 13.5. The largest absolute Gasteiger partial charge is 0.369 e. The first-order chi connectivity index (χ1) is 8.56. The second-order valence-electron chi connectivity index (χ2n) is 4.82. The number of rotatable bonds is 6. The van der Waals surface area contributed by atoms with Crippen LogP contribution in [0.2, 0.25) is 0 Å². The molecule has 0 aliphatic carbocycles. The third-order valence-electron chi connectivity index (χ3n) is 3.13. The van der Waals surface area contributed by atoms with Crippen LogP contribution in [0.25, 0.3) is 0 Å². The molecule has 0 unspecified atom stereocenters. The number of aromatic nitrogens is 1. The Morgan fingerprint density at radius 3 is 2.83 bits per heavy atom. The fourth-order valence-corrected chi connectivity index (χ4v) is 1.63. The highest BCUT2D eigenvalue weighted by atomic mass is 15.1. The molecule has 0 amide bonds. The predicted octanol–water partition coefficient (Wildman–Crippen LogP) is 2.40. The van der Waals surface area contributed by atoms with Gasteiger partial charge < -0.3 is 10.2 Å². The molecule has 18 heavy (non-hydrogen) atoms. The van der Waals surface area contributed by atoms with Crippen molar-refractivity contribution in [2.24, 2.45) is 0 Å². The van der Waals surface area contributed by atoms with Gasteiger partial charge in [0.2, 0.25) is 0 Å². The molecule has 98 valence electrons. The lowest BCUT2D eigenvalue weighted by Crippen LogP contribution is -2.28. The second-order valence-corrected chi connectivity index (χ2v) is 4.82. The number of nitriles is 1. The standard InChI is InChI=1S/C14H22N4/c1-11(2)18(4)9-5-7-16-14-13(10-15)12(3)6-8-17-14/h6,8,11H,5,7,9H2,1-4H3,(H,16,17). The molecule has 0 aliphatic heterocycles. The molecule has 0 fully saturated rings. The van der Waals surface area contributed by atoms with Gasteiger partial charge in [0.1, 0.15) is 11.9 Å². The Hall–Kier alpha value is -1.60. The number of anilines is 1. The molecule has 1 rings (SSSR count). The fraction of sp³-hybridized carbons (Fsp3) is 0.571. The summed E-state index contributed by atoms with van der Waals surface area (Å²) in [4.78, 5) is 6.52. The van der Waals surface area contributed by atoms with Gasteiger partial charge in [0, 0.05) is 18.8 Å². The Morgan fingerprint density at radius 1 is 1.50 bits per heavy atom. The van der Waals surface area contributed by atoms with Crippen molar-refractivity contribution in [3.05, 3.63) is 23.4 Å². The van der Waals surface area contributed by atoms with E-state index in [2.05, 4.69) is 42.2 Å². The molecule has 1 N–H and O–H groups in total. The summed E-state index contributed by atoms with van der Waals surface area (Å²) in [7, 11) is 2.12. The van der Waals surface area contributed by atoms with E-state index < -0.39 is 0 Å². The first-order valence-corrected chi connectivity index (χ1v) is 6.36. The van der Waals surface area contributed by atoms with Gasteiger partial charge in [0.15, 0.2) is 0 Å². The molecular formula is C14H22N4. The Balaban J connectivity index is 2.45. The van der Waals surface area contributed by atoms with Crippen LogP contribution in [-0.4, -0.2) is 36.1 Å². The van der Waals surface area contributed by atoms with Gasteiger partial charge in [0.05, 0.1) is 5.56 Å². The quantitative estimate of drug-likeness (QED) is 0.783. The van der Waals surface area contributed by atoms with E-state index in [1.165, 1.54) is 0 Å². The Morgan fingerprint density at radius 2 is 2.22 bits per heavy atom. The Labute approximate surface area is 110 Å². The Kier molecular flexibility index (Phi) is 5.60. The molecule has 0 aliphatic rings. The van der Waals surface area contributed by atoms with E-state index in [-0.39, 0.29) is 0 Å². The normalized spacial score (nSPS) is 10.7. The number of nitrogens with zero attached hydrogens (tertiary/aromatic N) is 3. The van der Waals surface area contributed by atoms with Gasteiger partial charge >= 0.3 is 0 Å². The van der Waals surface area contributed by atoms with Crippen molar-refractivity contribution in [1.82, 2.24) is 9.88 Å². The van der Waals surface area contributed by atoms with E-state index in [1.807, 2.05) is 13.0 Å². The average molecular weight is 246 g/mol. The number of hydrogen-bond acceptors (Lipinski definition) is 4. The van der Waals surface area contributed by atoms with Crippen molar-refractivity contribution in [1.29, 1.82) is 5.26 Å². The van der Waals surface area contributed by atoms with Crippen molar-refractivity contribution in [3.8, 4) is 6.07 Å². The highest BCUT2D eigenvalue weighted by Crippen LogP contribution is 2.14. The summed E-state index contributed by atoms with van der Waals surface area (Å²) in [6.45, 7) is 8.17. The Bertz CT molecular complexity index is 420. The molecule has 4 nitrogen and oxygen atoms in total. The summed E-state index contributed by atoms with van der Waals surface area (Å²) in [5, 5.41) is 12.3. The van der Waals surface area contributed by atoms with Gasteiger partial charge in [-0.05, 0) is 52.4 Å². The lowest BCUT2D eigenvalue weighted by molar-refractivity contribution is 0.273. The second kappa shape index (κ2) is 6.97. The van der Waals surface area contributed by atoms with E-state index in [1.54, 1.807) is 6.20 Å². The SMILES string of the molecule is Cc1ccnc(NCCCN(C)C(C)C)c1C#N. The van der Waals surface area contributed by atoms with Crippen LogP contribution in [0.3, 0.4) is 0 Å². The minimum Gasteiger partial charge on any atom is -0.369 e. The summed E-state index contributed by atoms with van der Waals surface area (Å²) in [6.07, 6.45) is 2.77. The van der Waals surface area contributed by atoms with Crippen LogP contribution in [-0.2, 0) is 0 Å². The van der Waals surface area contributed by atoms with Crippen LogP contribution < -0.4 is 5.32 Å². The maximum absolute atomic E-state index is 9.08. The third kappa shape index (κ3) is 4.01. The van der Waals surface area contributed by atoms with Crippen LogP contribution in [0.15, 0.2) is 12.3 Å². The van der Waals surface area contributed by atoms with Crippen LogP contribution in [0.4, 0.5) is 5.82 Å². The molecule has 0 bridgehead atoms. The molecule has 0 spiro atoms. The summed E-state index contributed by atoms with van der Waals surface area (Å²) in [6, 6.07) is 4.62. The maximum Gasteiger partial charge on any atom is 0.144 e. The van der Waals surface area contributed by atoms with E-state index in [0.29, 0.717) is 17.4 Å². The summed E-state index contributed by atoms with van der Waals surface area (Å²) in [5.74, 6) is 0.699. The molecule has 0 radical (unpaired) electrons. The summed E-state index contributed by atoms with van der Waals surface area (Å²) >= 11 is 0. The summed E-state index contributed by atoms with van der Waals surface area (Å²) in [5.41, 5.74) is 1.61. The monoisotopic (exact) mass is 246 g/mol. The van der Waals surface area contributed by atoms with E-state index in [0.717, 1.165) is 25.1 Å². The lowest BCUT2D eigenvalue weighted by Gasteiger charge is -2.20. The fourth-order valence-electron chi connectivity index (χ4n) is 1.63. The molecule has 1 heterocycles. The van der Waals surface area contributed by atoms with Gasteiger partial charge in [-0.25, -0.2) is 4.98 Å². The average Bonchev–Trinajstić information content (AvgIpc) is 2.34. The minimum absolute atomic E-state index is 0.566. The van der Waals surface area contributed by atoms with E-state index in [9.17, 15) is 0 Å². The third-order valence-corrected chi connectivity index (χ3v) is 3.13. The smallest absolute Gasteiger partial charge is 0.144 e. The van der Waals surface area contributed by atoms with Crippen molar-refractivity contribution < 1.29 is 0 Å². The zero-order valence-electron chi connectivity index (χ0n) is 11.7. The predicted molar refractivity (Wildman–Crippen MR) is 74.6 cm³/mol. The topological polar surface area (TPSA) is 52.0 Å². The first-order valence-electron chi connectivity index (χ1n) is 6.36. The van der Waals surface area contributed by atoms with Crippen molar-refractivity contribution >= 4 is 5.82 Å². The first kappa shape index (κ1) is 14.5. The van der Waals surface area contributed by atoms with Crippen molar-refractivity contribution in [2.75, 3.05) is 25.5 Å². The van der Waals surface area contributed by atoms with E-state index >= 15 is 0 Å². The van der Waals surface area contributed by atoms with Gasteiger partial charge in [-0.1, -0.05) is 0 Å². The van der Waals surface area contributed by atoms with Crippen molar-refractivity contribution in [3.63, 3.8) is 0 Å². The highest BCUT2D eigenvalue weighted by molar-refractivity contribution is 5.55. The van der Waals surface area contributed by atoms with Crippen LogP contribution >= 0.6 is 0 Å². The summed E-state index contributed by atoms with van der Waals surface area (Å²) < 4.78 is 0. The minimum atomic E-state index is 0.566. The molecule has 4 heteroatoms. The number of aryl methyl sites for hydroxylation is 1. The molecule has 0 atom stereocenters.